The molecule has 1 aliphatic rings. The Hall–Kier alpha value is -4.30. The lowest BCUT2D eigenvalue weighted by molar-refractivity contribution is 0.313. The lowest BCUT2D eigenvalue weighted by atomic mass is 10.2. The van der Waals surface area contributed by atoms with E-state index in [1.54, 1.807) is 36.9 Å². The highest BCUT2D eigenvalue weighted by molar-refractivity contribution is 5.84. The van der Waals surface area contributed by atoms with Crippen LogP contribution in [0.15, 0.2) is 36.8 Å². The minimum Gasteiger partial charge on any atom is -0.446 e. The first kappa shape index (κ1) is 23.4. The average Bonchev–Trinajstić information content (AvgIpc) is 3.18. The molecular formula is C25H24F2N8O. The van der Waals surface area contributed by atoms with Crippen molar-refractivity contribution in [3.05, 3.63) is 65.5 Å². The summed E-state index contributed by atoms with van der Waals surface area (Å²) in [6, 6.07) is 6.25. The lowest BCUT2D eigenvalue weighted by Crippen LogP contribution is -2.44. The molecule has 0 saturated carbocycles. The molecule has 0 unspecified atom stereocenters. The first-order valence-corrected chi connectivity index (χ1v) is 11.4. The van der Waals surface area contributed by atoms with Crippen LogP contribution in [0.3, 0.4) is 0 Å². The molecule has 1 fully saturated rings. The van der Waals surface area contributed by atoms with Crippen molar-refractivity contribution in [3.8, 4) is 11.6 Å². The highest BCUT2D eigenvalue weighted by Gasteiger charge is 2.21. The van der Waals surface area contributed by atoms with Crippen LogP contribution in [-0.4, -0.2) is 57.6 Å². The zero-order valence-corrected chi connectivity index (χ0v) is 20.1. The predicted octanol–water partition coefficient (Wildman–Crippen LogP) is 4.79. The Labute approximate surface area is 206 Å². The van der Waals surface area contributed by atoms with Crippen LogP contribution in [-0.2, 0) is 7.05 Å². The second-order valence-electron chi connectivity index (χ2n) is 8.68. The number of nitrogens with zero attached hydrogens (tertiary/aromatic N) is 7. The van der Waals surface area contributed by atoms with Gasteiger partial charge < -0.3 is 24.4 Å². The molecule has 0 atom stereocenters. The van der Waals surface area contributed by atoms with Gasteiger partial charge in [-0.15, -0.1) is 0 Å². The fraction of sp³-hybridized carbons (Fsp3) is 0.280. The minimum atomic E-state index is -0.736. The molecule has 36 heavy (non-hydrogen) atoms. The number of hydrogen-bond donors (Lipinski definition) is 1. The summed E-state index contributed by atoms with van der Waals surface area (Å²) >= 11 is 0. The van der Waals surface area contributed by atoms with E-state index in [0.29, 0.717) is 11.5 Å². The number of hydrogen-bond acceptors (Lipinski definition) is 7. The zero-order valence-electron chi connectivity index (χ0n) is 20.1. The topological polar surface area (TPSA) is 75.7 Å². The van der Waals surface area contributed by atoms with E-state index >= 15 is 4.39 Å². The second kappa shape index (κ2) is 9.39. The number of halogens is 2. The maximum absolute atomic E-state index is 15.2. The SMILES string of the molecule is [C-]#[N+]c1c(Nc2ccc(N3CCN(C)CC3)cn2)ncnc1Oc1cc(F)c2c(cc(C)n2C)c1F. The molecule has 0 spiro atoms. The predicted molar refractivity (Wildman–Crippen MR) is 133 cm³/mol. The molecule has 4 aromatic rings. The molecule has 3 aromatic heterocycles. The molecular weight excluding hydrogens is 466 g/mol. The molecule has 11 heteroatoms. The van der Waals surface area contributed by atoms with Gasteiger partial charge in [-0.05, 0) is 32.2 Å². The van der Waals surface area contributed by atoms with Gasteiger partial charge in [-0.25, -0.2) is 28.6 Å². The maximum Gasteiger partial charge on any atom is 0.288 e. The number of fused-ring (bicyclic) bond motifs is 1. The smallest absolute Gasteiger partial charge is 0.288 e. The molecule has 0 radical (unpaired) electrons. The number of anilines is 3. The van der Waals surface area contributed by atoms with Crippen molar-refractivity contribution < 1.29 is 13.5 Å². The molecule has 4 heterocycles. The lowest BCUT2D eigenvalue weighted by Gasteiger charge is -2.33. The third-order valence-electron chi connectivity index (χ3n) is 6.38. The van der Waals surface area contributed by atoms with Gasteiger partial charge in [0, 0.05) is 50.4 Å². The summed E-state index contributed by atoms with van der Waals surface area (Å²) in [4.78, 5) is 20.6. The van der Waals surface area contributed by atoms with E-state index in [1.165, 1.54) is 6.33 Å². The van der Waals surface area contributed by atoms with Gasteiger partial charge in [-0.2, -0.15) is 0 Å². The largest absolute Gasteiger partial charge is 0.446 e. The fourth-order valence-electron chi connectivity index (χ4n) is 4.21. The third-order valence-corrected chi connectivity index (χ3v) is 6.38. The normalized spacial score (nSPS) is 14.2. The Morgan fingerprint density at radius 3 is 2.53 bits per heavy atom. The molecule has 1 N–H and O–H groups in total. The second-order valence-corrected chi connectivity index (χ2v) is 8.68. The van der Waals surface area contributed by atoms with Crippen molar-refractivity contribution in [2.45, 2.75) is 6.92 Å². The van der Waals surface area contributed by atoms with Crippen molar-refractivity contribution in [2.24, 2.45) is 7.05 Å². The number of ether oxygens (including phenoxy) is 1. The van der Waals surface area contributed by atoms with Crippen LogP contribution in [0.1, 0.15) is 5.69 Å². The summed E-state index contributed by atoms with van der Waals surface area (Å²) < 4.78 is 37.1. The summed E-state index contributed by atoms with van der Waals surface area (Å²) in [5, 5.41) is 3.09. The summed E-state index contributed by atoms with van der Waals surface area (Å²) in [5.41, 5.74) is 1.77. The number of benzene rings is 1. The van der Waals surface area contributed by atoms with Gasteiger partial charge in [0.15, 0.2) is 17.4 Å². The summed E-state index contributed by atoms with van der Waals surface area (Å²) in [5.74, 6) is -1.32. The van der Waals surface area contributed by atoms with Crippen LogP contribution < -0.4 is 15.0 Å². The van der Waals surface area contributed by atoms with Gasteiger partial charge in [0.1, 0.15) is 18.0 Å². The highest BCUT2D eigenvalue weighted by atomic mass is 19.1. The van der Waals surface area contributed by atoms with Crippen LogP contribution in [0, 0.1) is 25.1 Å². The Bertz CT molecular complexity index is 1470. The van der Waals surface area contributed by atoms with Crippen LogP contribution in [0.4, 0.5) is 31.8 Å². The molecule has 0 amide bonds. The van der Waals surface area contributed by atoms with Crippen LogP contribution >= 0.6 is 0 Å². The van der Waals surface area contributed by atoms with Gasteiger partial charge in [-0.1, -0.05) is 0 Å². The Kier molecular flexibility index (Phi) is 6.12. The monoisotopic (exact) mass is 490 g/mol. The van der Waals surface area contributed by atoms with Crippen LogP contribution in [0.25, 0.3) is 15.7 Å². The third kappa shape index (κ3) is 4.27. The van der Waals surface area contributed by atoms with Gasteiger partial charge in [-0.3, -0.25) is 0 Å². The van der Waals surface area contributed by atoms with E-state index in [2.05, 4.69) is 42.0 Å². The van der Waals surface area contributed by atoms with E-state index < -0.39 is 11.6 Å². The van der Waals surface area contributed by atoms with E-state index in [4.69, 9.17) is 11.3 Å². The van der Waals surface area contributed by atoms with E-state index in [9.17, 15) is 4.39 Å². The number of piperazine rings is 1. The first-order valence-electron chi connectivity index (χ1n) is 11.4. The molecule has 1 aromatic carbocycles. The average molecular weight is 491 g/mol. The molecule has 1 saturated heterocycles. The molecule has 5 rings (SSSR count). The number of aromatic nitrogens is 4. The first-order chi connectivity index (χ1) is 17.4. The van der Waals surface area contributed by atoms with Crippen molar-refractivity contribution in [3.63, 3.8) is 0 Å². The van der Waals surface area contributed by atoms with Crippen molar-refractivity contribution in [1.29, 1.82) is 0 Å². The van der Waals surface area contributed by atoms with E-state index in [0.717, 1.165) is 37.9 Å². The van der Waals surface area contributed by atoms with E-state index in [-0.39, 0.29) is 34.0 Å². The molecule has 0 aliphatic carbocycles. The number of likely N-dealkylation sites (N-methyl/N-ethyl adjacent to an activating group) is 1. The van der Waals surface area contributed by atoms with Gasteiger partial charge in [0.25, 0.3) is 5.69 Å². The van der Waals surface area contributed by atoms with Crippen molar-refractivity contribution >= 4 is 33.9 Å². The number of pyridine rings is 1. The maximum atomic E-state index is 15.2. The van der Waals surface area contributed by atoms with Crippen molar-refractivity contribution in [2.75, 3.05) is 43.4 Å². The summed E-state index contributed by atoms with van der Waals surface area (Å²) in [6.45, 7) is 13.2. The van der Waals surface area contributed by atoms with E-state index in [1.807, 2.05) is 6.07 Å². The highest BCUT2D eigenvalue weighted by Crippen LogP contribution is 2.39. The Balaban J connectivity index is 1.40. The van der Waals surface area contributed by atoms with Gasteiger partial charge >= 0.3 is 0 Å². The molecule has 184 valence electrons. The zero-order chi connectivity index (χ0) is 25.4. The van der Waals surface area contributed by atoms with Crippen molar-refractivity contribution in [1.82, 2.24) is 24.4 Å². The molecule has 9 nitrogen and oxygen atoms in total. The molecule has 1 aliphatic heterocycles. The van der Waals surface area contributed by atoms with Gasteiger partial charge in [0.05, 0.1) is 24.0 Å². The summed E-state index contributed by atoms with van der Waals surface area (Å²) in [6.07, 6.45) is 2.95. The number of aryl methyl sites for hydroxylation is 2. The quantitative estimate of drug-likeness (QED) is 0.403. The number of nitrogens with one attached hydrogen (secondary N) is 1. The van der Waals surface area contributed by atoms with Crippen LogP contribution in [0.2, 0.25) is 0 Å². The fourth-order valence-corrected chi connectivity index (χ4v) is 4.21. The van der Waals surface area contributed by atoms with Crippen LogP contribution in [0.5, 0.6) is 11.6 Å². The van der Waals surface area contributed by atoms with Gasteiger partial charge in [0.2, 0.25) is 5.88 Å². The standard InChI is InChI=1S/C25H24F2N8O/c1-15-11-17-21(27)19(12-18(26)23(17)34(15)4)36-25-22(28-2)24(30-14-31-25)32-20-6-5-16(13-29-20)35-9-7-33(3)8-10-35/h5-6,11-14H,7-10H2,1,3-4H3,(H,29,30,31,32). The minimum absolute atomic E-state index is 0.0772. The Morgan fingerprint density at radius 2 is 1.83 bits per heavy atom. The Morgan fingerprint density at radius 1 is 1.06 bits per heavy atom. The molecule has 0 bridgehead atoms. The number of rotatable bonds is 5. The summed E-state index contributed by atoms with van der Waals surface area (Å²) in [7, 11) is 3.76.